The highest BCUT2D eigenvalue weighted by Gasteiger charge is 1.89. The van der Waals surface area contributed by atoms with Crippen LogP contribution in [0.4, 0.5) is 0 Å². The molecule has 78 valence electrons. The van der Waals surface area contributed by atoms with E-state index in [9.17, 15) is 4.79 Å². The summed E-state index contributed by atoms with van der Waals surface area (Å²) < 4.78 is 4.78. The maximum absolute atomic E-state index is 10.5. The van der Waals surface area contributed by atoms with Gasteiger partial charge in [0.1, 0.15) is 6.61 Å². The lowest BCUT2D eigenvalue weighted by molar-refractivity contribution is -0.139. The molecule has 2 nitrogen and oxygen atoms in total. The summed E-state index contributed by atoms with van der Waals surface area (Å²) in [6.07, 6.45) is 6.80. The molecule has 0 amide bonds. The molecule has 2 heteroatoms. The van der Waals surface area contributed by atoms with Gasteiger partial charge in [-0.3, -0.25) is 4.79 Å². The first-order valence-electron chi connectivity index (χ1n) is 4.63. The van der Waals surface area contributed by atoms with Crippen molar-refractivity contribution in [2.45, 2.75) is 27.2 Å². The van der Waals surface area contributed by atoms with Crippen molar-refractivity contribution in [2.24, 2.45) is 0 Å². The zero-order chi connectivity index (χ0) is 11.0. The number of ether oxygens (including phenoxy) is 1. The van der Waals surface area contributed by atoms with Crippen molar-refractivity contribution in [1.82, 2.24) is 0 Å². The standard InChI is InChI=1S/C12H18O2/c1-10(2)6-5-7-11(3)8-9-14-12(4)13/h5-6,8H,1,7,9H2,2-4H3. The fraction of sp³-hybridized carbons (Fsp3) is 0.417. The summed E-state index contributed by atoms with van der Waals surface area (Å²) >= 11 is 0. The second kappa shape index (κ2) is 7.13. The van der Waals surface area contributed by atoms with Crippen LogP contribution in [0, 0.1) is 0 Å². The van der Waals surface area contributed by atoms with Gasteiger partial charge in [-0.15, -0.1) is 0 Å². The van der Waals surface area contributed by atoms with Crippen LogP contribution in [0.3, 0.4) is 0 Å². The largest absolute Gasteiger partial charge is 0.462 e. The molecule has 0 N–H and O–H groups in total. The van der Waals surface area contributed by atoms with Crippen LogP contribution < -0.4 is 0 Å². The van der Waals surface area contributed by atoms with Crippen LogP contribution in [-0.2, 0) is 9.53 Å². The highest BCUT2D eigenvalue weighted by atomic mass is 16.5. The molecule has 0 aromatic rings. The zero-order valence-electron chi connectivity index (χ0n) is 9.17. The minimum absolute atomic E-state index is 0.244. The highest BCUT2D eigenvalue weighted by molar-refractivity contribution is 5.66. The first-order valence-corrected chi connectivity index (χ1v) is 4.63. The van der Waals surface area contributed by atoms with E-state index >= 15 is 0 Å². The van der Waals surface area contributed by atoms with Gasteiger partial charge in [0, 0.05) is 6.92 Å². The molecule has 14 heavy (non-hydrogen) atoms. The number of rotatable bonds is 5. The summed E-state index contributed by atoms with van der Waals surface area (Å²) in [7, 11) is 0. The summed E-state index contributed by atoms with van der Waals surface area (Å²) in [5.41, 5.74) is 2.22. The van der Waals surface area contributed by atoms with Crippen molar-refractivity contribution in [1.29, 1.82) is 0 Å². The second-order valence-electron chi connectivity index (χ2n) is 3.31. The fourth-order valence-corrected chi connectivity index (χ4v) is 0.831. The maximum atomic E-state index is 10.5. The van der Waals surface area contributed by atoms with Crippen molar-refractivity contribution in [3.05, 3.63) is 36.0 Å². The van der Waals surface area contributed by atoms with E-state index in [-0.39, 0.29) is 5.97 Å². The highest BCUT2D eigenvalue weighted by Crippen LogP contribution is 2.02. The van der Waals surface area contributed by atoms with Crippen LogP contribution in [0.1, 0.15) is 27.2 Å². The fourth-order valence-electron chi connectivity index (χ4n) is 0.831. The van der Waals surface area contributed by atoms with Crippen molar-refractivity contribution in [3.63, 3.8) is 0 Å². The molecular weight excluding hydrogens is 176 g/mol. The van der Waals surface area contributed by atoms with Gasteiger partial charge in [0.2, 0.25) is 0 Å². The number of esters is 1. The van der Waals surface area contributed by atoms with Crippen LogP contribution in [0.25, 0.3) is 0 Å². The van der Waals surface area contributed by atoms with Crippen molar-refractivity contribution < 1.29 is 9.53 Å². The lowest BCUT2D eigenvalue weighted by atomic mass is 10.2. The molecule has 0 unspecified atom stereocenters. The molecule has 0 saturated heterocycles. The molecule has 0 spiro atoms. The number of carbonyl (C=O) groups excluding carboxylic acids is 1. The van der Waals surface area contributed by atoms with Crippen molar-refractivity contribution in [3.8, 4) is 0 Å². The molecule has 0 aliphatic rings. The predicted octanol–water partition coefficient (Wildman–Crippen LogP) is 3.02. The van der Waals surface area contributed by atoms with Gasteiger partial charge in [0.25, 0.3) is 0 Å². The lowest BCUT2D eigenvalue weighted by Crippen LogP contribution is -1.98. The smallest absolute Gasteiger partial charge is 0.302 e. The van der Waals surface area contributed by atoms with E-state index in [1.54, 1.807) is 0 Å². The number of allylic oxidation sites excluding steroid dienone is 4. The van der Waals surface area contributed by atoms with E-state index < -0.39 is 0 Å². The average Bonchev–Trinajstić information content (AvgIpc) is 2.02. The van der Waals surface area contributed by atoms with E-state index in [0.29, 0.717) is 6.61 Å². The summed E-state index contributed by atoms with van der Waals surface area (Å²) in [6, 6.07) is 0. The Morgan fingerprint density at radius 2 is 2.00 bits per heavy atom. The lowest BCUT2D eigenvalue weighted by Gasteiger charge is -1.98. The molecule has 0 saturated carbocycles. The maximum Gasteiger partial charge on any atom is 0.302 e. The third kappa shape index (κ3) is 8.78. The Kier molecular flexibility index (Phi) is 6.46. The van der Waals surface area contributed by atoms with Gasteiger partial charge in [-0.1, -0.05) is 29.9 Å². The van der Waals surface area contributed by atoms with Gasteiger partial charge in [-0.2, -0.15) is 0 Å². The normalized spacial score (nSPS) is 11.8. The molecule has 0 aliphatic carbocycles. The quantitative estimate of drug-likeness (QED) is 0.382. The topological polar surface area (TPSA) is 26.3 Å². The minimum atomic E-state index is -0.244. The molecule has 0 fully saturated rings. The monoisotopic (exact) mass is 194 g/mol. The van der Waals surface area contributed by atoms with Crippen LogP contribution >= 0.6 is 0 Å². The van der Waals surface area contributed by atoms with Crippen LogP contribution in [-0.4, -0.2) is 12.6 Å². The van der Waals surface area contributed by atoms with E-state index in [1.165, 1.54) is 12.5 Å². The van der Waals surface area contributed by atoms with Crippen LogP contribution in [0.5, 0.6) is 0 Å². The Morgan fingerprint density at radius 3 is 2.50 bits per heavy atom. The van der Waals surface area contributed by atoms with Gasteiger partial charge in [-0.25, -0.2) is 0 Å². The summed E-state index contributed by atoms with van der Waals surface area (Å²) in [4.78, 5) is 10.5. The first kappa shape index (κ1) is 12.7. The summed E-state index contributed by atoms with van der Waals surface area (Å²) in [6.45, 7) is 9.49. The Morgan fingerprint density at radius 1 is 1.36 bits per heavy atom. The van der Waals surface area contributed by atoms with Gasteiger partial charge in [0.05, 0.1) is 0 Å². The average molecular weight is 194 g/mol. The van der Waals surface area contributed by atoms with Crippen LogP contribution in [0.2, 0.25) is 0 Å². The van der Waals surface area contributed by atoms with E-state index in [0.717, 1.165) is 12.0 Å². The molecule has 0 atom stereocenters. The minimum Gasteiger partial charge on any atom is -0.462 e. The molecule has 0 radical (unpaired) electrons. The Hall–Kier alpha value is -1.31. The third-order valence-corrected chi connectivity index (χ3v) is 1.56. The van der Waals surface area contributed by atoms with Gasteiger partial charge in [-0.05, 0) is 26.3 Å². The number of carbonyl (C=O) groups is 1. The molecule has 0 aromatic carbocycles. The van der Waals surface area contributed by atoms with Gasteiger partial charge in [0.15, 0.2) is 0 Å². The van der Waals surface area contributed by atoms with E-state index in [2.05, 4.69) is 6.58 Å². The van der Waals surface area contributed by atoms with E-state index in [4.69, 9.17) is 4.74 Å². The molecular formula is C12H18O2. The summed E-state index contributed by atoms with van der Waals surface area (Å²) in [5.74, 6) is -0.244. The summed E-state index contributed by atoms with van der Waals surface area (Å²) in [5, 5.41) is 0. The Labute approximate surface area is 86.0 Å². The van der Waals surface area contributed by atoms with Crippen molar-refractivity contribution >= 4 is 5.97 Å². The van der Waals surface area contributed by atoms with Crippen LogP contribution in [0.15, 0.2) is 36.0 Å². The molecule has 0 rings (SSSR count). The SMILES string of the molecule is C=C(C)C=CCC(C)=CCOC(C)=O. The third-order valence-electron chi connectivity index (χ3n) is 1.56. The second-order valence-corrected chi connectivity index (χ2v) is 3.31. The van der Waals surface area contributed by atoms with Crippen molar-refractivity contribution in [2.75, 3.05) is 6.61 Å². The van der Waals surface area contributed by atoms with Gasteiger partial charge < -0.3 is 4.74 Å². The number of hydrogen-bond acceptors (Lipinski definition) is 2. The van der Waals surface area contributed by atoms with E-state index in [1.807, 2.05) is 32.1 Å². The van der Waals surface area contributed by atoms with Gasteiger partial charge >= 0.3 is 5.97 Å². The molecule has 0 aromatic heterocycles. The Balaban J connectivity index is 3.77. The molecule has 0 aliphatic heterocycles. The number of hydrogen-bond donors (Lipinski definition) is 0. The predicted molar refractivity (Wildman–Crippen MR) is 59.0 cm³/mol. The molecule has 0 bridgehead atoms. The first-order chi connectivity index (χ1) is 6.52. The zero-order valence-corrected chi connectivity index (χ0v) is 9.17. The Bertz CT molecular complexity index is 259. The molecule has 0 heterocycles.